The summed E-state index contributed by atoms with van der Waals surface area (Å²) in [7, 11) is 1.07. The molecule has 2 aromatic carbocycles. The average molecular weight is 517 g/mol. The Kier molecular flexibility index (Phi) is 8.25. The lowest BCUT2D eigenvalue weighted by Crippen LogP contribution is -2.33. The highest BCUT2D eigenvalue weighted by Crippen LogP contribution is 2.46. The van der Waals surface area contributed by atoms with Crippen LogP contribution in [-0.4, -0.2) is 24.2 Å². The fourth-order valence-electron chi connectivity index (χ4n) is 5.15. The number of hydrogen-bond acceptors (Lipinski definition) is 3. The summed E-state index contributed by atoms with van der Waals surface area (Å²) in [6.45, 7) is 9.02. The molecule has 4 nitrogen and oxygen atoms in total. The Morgan fingerprint density at radius 1 is 1.03 bits per heavy atom. The van der Waals surface area contributed by atoms with Gasteiger partial charge in [-0.25, -0.2) is 9.59 Å². The minimum Gasteiger partial charge on any atom is -0.477 e. The molecule has 0 aliphatic heterocycles. The molecule has 7 heteroatoms. The highest BCUT2D eigenvalue weighted by Gasteiger charge is 2.37. The van der Waals surface area contributed by atoms with Crippen molar-refractivity contribution in [3.8, 4) is 0 Å². The molecule has 200 valence electrons. The zero-order valence-electron chi connectivity index (χ0n) is 22.0. The second-order valence-corrected chi connectivity index (χ2v) is 11.1. The predicted octanol–water partition coefficient (Wildman–Crippen LogP) is 7.34. The fraction of sp³-hybridized carbons (Fsp3) is 0.467. The first-order valence-electron chi connectivity index (χ1n) is 12.5. The molecule has 1 N–H and O–H groups in total. The van der Waals surface area contributed by atoms with Gasteiger partial charge in [-0.3, -0.25) is 0 Å². The summed E-state index contributed by atoms with van der Waals surface area (Å²) in [6, 6.07) is 11.3. The predicted molar refractivity (Wildman–Crippen MR) is 137 cm³/mol. The summed E-state index contributed by atoms with van der Waals surface area (Å²) >= 11 is 0. The molecule has 0 fully saturated rings. The molecule has 3 rings (SSSR count). The van der Waals surface area contributed by atoms with Crippen LogP contribution in [0.4, 0.5) is 13.2 Å². The van der Waals surface area contributed by atoms with E-state index in [2.05, 4.69) is 50.6 Å². The van der Waals surface area contributed by atoms with Gasteiger partial charge in [0.25, 0.3) is 0 Å². The first-order chi connectivity index (χ1) is 17.2. The lowest BCUT2D eigenvalue weighted by atomic mass is 9.63. The fourth-order valence-corrected chi connectivity index (χ4v) is 5.15. The number of halogens is 3. The van der Waals surface area contributed by atoms with Crippen LogP contribution in [0.2, 0.25) is 0 Å². The number of carbonyl (C=O) groups excluding carboxylic acids is 1. The minimum atomic E-state index is -4.54. The normalized spacial score (nSPS) is 17.6. The molecule has 0 heterocycles. The van der Waals surface area contributed by atoms with E-state index in [4.69, 9.17) is 0 Å². The first-order valence-corrected chi connectivity index (χ1v) is 12.5. The Balaban J connectivity index is 1.90. The number of aliphatic carboxylic acids is 1. The summed E-state index contributed by atoms with van der Waals surface area (Å²) in [5.41, 5.74) is 2.84. The molecule has 37 heavy (non-hydrogen) atoms. The number of hydrogen-bond donors (Lipinski definition) is 1. The Morgan fingerprint density at radius 3 is 2.27 bits per heavy atom. The number of carbonyl (C=O) groups is 2. The zero-order chi connectivity index (χ0) is 27.6. The van der Waals surface area contributed by atoms with Crippen LogP contribution in [0.1, 0.15) is 87.1 Å². The van der Waals surface area contributed by atoms with Gasteiger partial charge < -0.3 is 9.84 Å². The van der Waals surface area contributed by atoms with Crippen molar-refractivity contribution >= 4 is 11.9 Å². The molecule has 2 aromatic rings. The Bertz CT molecular complexity index is 1190. The van der Waals surface area contributed by atoms with E-state index in [1.54, 1.807) is 0 Å². The van der Waals surface area contributed by atoms with E-state index in [-0.39, 0.29) is 10.8 Å². The van der Waals surface area contributed by atoms with E-state index < -0.39 is 35.2 Å². The molecular formula is C30H35F3O4. The van der Waals surface area contributed by atoms with E-state index in [0.717, 1.165) is 37.6 Å². The quantitative estimate of drug-likeness (QED) is 0.173. The lowest BCUT2D eigenvalue weighted by molar-refractivity contribution is -0.142. The lowest BCUT2D eigenvalue weighted by Gasteiger charge is -2.42. The molecule has 1 aliphatic rings. The van der Waals surface area contributed by atoms with Crippen molar-refractivity contribution in [1.29, 1.82) is 0 Å². The van der Waals surface area contributed by atoms with Gasteiger partial charge in [-0.1, -0.05) is 70.2 Å². The van der Waals surface area contributed by atoms with Gasteiger partial charge in [0.1, 0.15) is 5.57 Å². The molecule has 0 radical (unpaired) electrons. The van der Waals surface area contributed by atoms with Gasteiger partial charge in [0, 0.05) is 5.92 Å². The summed E-state index contributed by atoms with van der Waals surface area (Å²) in [5, 5.41) is 9.51. The molecular weight excluding hydrogens is 481 g/mol. The second-order valence-electron chi connectivity index (χ2n) is 11.1. The average Bonchev–Trinajstić information content (AvgIpc) is 2.83. The standard InChI is InChI=1S/C30H35F3O4/c1-28(2)14-15-29(3,4)25-16-19(12-13-24(25)28)8-6-9-21(18-23(26(34)35)27(36)37-5)20-10-7-11-22(17-20)30(31,32)33/h7,10-13,16-18,21H,6,8-9,14-15H2,1-5H3,(H,34,35)/b23-18-. The molecule has 0 aromatic heterocycles. The monoisotopic (exact) mass is 516 g/mol. The van der Waals surface area contributed by atoms with Gasteiger partial charge in [0.05, 0.1) is 12.7 Å². The molecule has 0 amide bonds. The van der Waals surface area contributed by atoms with Gasteiger partial charge in [-0.15, -0.1) is 0 Å². The Hall–Kier alpha value is -3.09. The number of ether oxygens (including phenoxy) is 1. The smallest absolute Gasteiger partial charge is 0.416 e. The van der Waals surface area contributed by atoms with Crippen LogP contribution in [0.25, 0.3) is 0 Å². The third-order valence-electron chi connectivity index (χ3n) is 7.54. The number of allylic oxidation sites excluding steroid dienone is 1. The highest BCUT2D eigenvalue weighted by atomic mass is 19.4. The summed E-state index contributed by atoms with van der Waals surface area (Å²) in [4.78, 5) is 23.7. The van der Waals surface area contributed by atoms with E-state index in [9.17, 15) is 27.9 Å². The van der Waals surface area contributed by atoms with Gasteiger partial charge in [0.15, 0.2) is 0 Å². The summed E-state index contributed by atoms with van der Waals surface area (Å²) in [6.07, 6.45) is 0.505. The maximum atomic E-state index is 13.3. The van der Waals surface area contributed by atoms with Gasteiger partial charge in [-0.2, -0.15) is 13.2 Å². The zero-order valence-corrected chi connectivity index (χ0v) is 22.0. The van der Waals surface area contributed by atoms with Gasteiger partial charge >= 0.3 is 18.1 Å². The molecule has 0 spiro atoms. The van der Waals surface area contributed by atoms with E-state index in [1.807, 2.05) is 0 Å². The van der Waals surface area contributed by atoms with Crippen molar-refractivity contribution in [2.24, 2.45) is 0 Å². The number of esters is 1. The largest absolute Gasteiger partial charge is 0.477 e. The molecule has 1 atom stereocenters. The van der Waals surface area contributed by atoms with Crippen LogP contribution in [0.5, 0.6) is 0 Å². The first kappa shape index (κ1) is 28.5. The number of rotatable bonds is 8. The maximum absolute atomic E-state index is 13.3. The number of carboxylic acid groups (broad SMARTS) is 1. The number of carboxylic acids is 1. The molecule has 0 saturated heterocycles. The molecule has 0 bridgehead atoms. The van der Waals surface area contributed by atoms with Gasteiger partial charge in [-0.05, 0) is 71.3 Å². The third-order valence-corrected chi connectivity index (χ3v) is 7.54. The minimum absolute atomic E-state index is 0.0566. The van der Waals surface area contributed by atoms with Crippen molar-refractivity contribution in [3.63, 3.8) is 0 Å². The second kappa shape index (κ2) is 10.7. The topological polar surface area (TPSA) is 63.6 Å². The van der Waals surface area contributed by atoms with E-state index >= 15 is 0 Å². The van der Waals surface area contributed by atoms with Crippen molar-refractivity contribution < 1.29 is 32.6 Å². The van der Waals surface area contributed by atoms with E-state index in [0.29, 0.717) is 24.8 Å². The molecule has 1 unspecified atom stereocenters. The van der Waals surface area contributed by atoms with Crippen LogP contribution in [0.15, 0.2) is 54.1 Å². The molecule has 1 aliphatic carbocycles. The van der Waals surface area contributed by atoms with Crippen LogP contribution >= 0.6 is 0 Å². The van der Waals surface area contributed by atoms with Gasteiger partial charge in [0.2, 0.25) is 0 Å². The van der Waals surface area contributed by atoms with Crippen molar-refractivity contribution in [2.45, 2.75) is 82.7 Å². The van der Waals surface area contributed by atoms with Crippen molar-refractivity contribution in [1.82, 2.24) is 0 Å². The number of benzene rings is 2. The SMILES string of the molecule is COC(=O)/C(=C\C(CCCc1ccc2c(c1)C(C)(C)CCC2(C)C)c1cccc(C(F)(F)F)c1)C(=O)O. The number of aryl methyl sites for hydroxylation is 1. The van der Waals surface area contributed by atoms with Crippen LogP contribution in [0.3, 0.4) is 0 Å². The molecule has 0 saturated carbocycles. The maximum Gasteiger partial charge on any atom is 0.416 e. The summed E-state index contributed by atoms with van der Waals surface area (Å²) < 4.78 is 44.6. The number of alkyl halides is 3. The third kappa shape index (κ3) is 6.62. The Labute approximate surface area is 216 Å². The van der Waals surface area contributed by atoms with Crippen LogP contribution in [0, 0.1) is 0 Å². The summed E-state index contributed by atoms with van der Waals surface area (Å²) in [5.74, 6) is -3.23. The number of fused-ring (bicyclic) bond motifs is 1. The highest BCUT2D eigenvalue weighted by molar-refractivity contribution is 6.13. The Morgan fingerprint density at radius 2 is 1.68 bits per heavy atom. The van der Waals surface area contributed by atoms with Crippen molar-refractivity contribution in [3.05, 3.63) is 81.9 Å². The number of methoxy groups -OCH3 is 1. The van der Waals surface area contributed by atoms with Crippen molar-refractivity contribution in [2.75, 3.05) is 7.11 Å². The van der Waals surface area contributed by atoms with Crippen LogP contribution < -0.4 is 0 Å². The van der Waals surface area contributed by atoms with E-state index in [1.165, 1.54) is 29.3 Å². The van der Waals surface area contributed by atoms with Crippen LogP contribution in [-0.2, 0) is 37.8 Å².